The molecular formula is C13H27NO. The van der Waals surface area contributed by atoms with E-state index in [9.17, 15) is 0 Å². The number of nitrogens with one attached hydrogen (secondary N) is 1. The van der Waals surface area contributed by atoms with Gasteiger partial charge in [-0.1, -0.05) is 32.1 Å². The summed E-state index contributed by atoms with van der Waals surface area (Å²) >= 11 is 0. The summed E-state index contributed by atoms with van der Waals surface area (Å²) in [5, 5.41) is 3.54. The van der Waals surface area contributed by atoms with Crippen LogP contribution in [0.25, 0.3) is 0 Å². The summed E-state index contributed by atoms with van der Waals surface area (Å²) in [6.07, 6.45) is 8.66. The Kier molecular flexibility index (Phi) is 7.03. The van der Waals surface area contributed by atoms with Crippen LogP contribution >= 0.6 is 0 Å². The topological polar surface area (TPSA) is 21.3 Å². The Morgan fingerprint density at radius 1 is 1.27 bits per heavy atom. The lowest BCUT2D eigenvalue weighted by Crippen LogP contribution is -2.32. The summed E-state index contributed by atoms with van der Waals surface area (Å²) in [5.41, 5.74) is 0. The molecule has 0 bridgehead atoms. The molecule has 0 aromatic heterocycles. The average molecular weight is 213 g/mol. The Morgan fingerprint density at radius 3 is 2.67 bits per heavy atom. The zero-order valence-electron chi connectivity index (χ0n) is 10.4. The summed E-state index contributed by atoms with van der Waals surface area (Å²) in [7, 11) is 0. The Bertz CT molecular complexity index is 143. The van der Waals surface area contributed by atoms with Crippen LogP contribution in [0.2, 0.25) is 0 Å². The molecule has 2 nitrogen and oxygen atoms in total. The van der Waals surface area contributed by atoms with E-state index in [1.807, 2.05) is 0 Å². The van der Waals surface area contributed by atoms with Crippen LogP contribution in [0.3, 0.4) is 0 Å². The number of ether oxygens (including phenoxy) is 1. The fourth-order valence-electron chi connectivity index (χ4n) is 2.36. The monoisotopic (exact) mass is 213 g/mol. The molecule has 0 saturated heterocycles. The van der Waals surface area contributed by atoms with E-state index in [1.165, 1.54) is 45.1 Å². The van der Waals surface area contributed by atoms with E-state index in [4.69, 9.17) is 4.74 Å². The van der Waals surface area contributed by atoms with Crippen molar-refractivity contribution in [1.29, 1.82) is 0 Å². The number of rotatable bonds is 7. The average Bonchev–Trinajstić information content (AvgIpc) is 2.28. The predicted octanol–water partition coefficient (Wildman–Crippen LogP) is 2.97. The smallest absolute Gasteiger partial charge is 0.0616 e. The second kappa shape index (κ2) is 8.12. The van der Waals surface area contributed by atoms with Gasteiger partial charge < -0.3 is 10.1 Å². The molecule has 0 spiro atoms. The summed E-state index contributed by atoms with van der Waals surface area (Å²) in [6, 6.07) is 0.508. The Labute approximate surface area is 94.8 Å². The fraction of sp³-hybridized carbons (Fsp3) is 1.00. The molecule has 1 aliphatic rings. The summed E-state index contributed by atoms with van der Waals surface area (Å²) in [4.78, 5) is 0. The largest absolute Gasteiger partial charge is 0.380 e. The van der Waals surface area contributed by atoms with Gasteiger partial charge in [0, 0.05) is 12.6 Å². The maximum Gasteiger partial charge on any atom is 0.0616 e. The van der Waals surface area contributed by atoms with Crippen LogP contribution in [-0.2, 0) is 4.74 Å². The molecule has 0 aromatic rings. The molecule has 0 heterocycles. The minimum Gasteiger partial charge on any atom is -0.380 e. The molecule has 0 aliphatic heterocycles. The summed E-state index contributed by atoms with van der Waals surface area (Å²) < 4.78 is 5.38. The van der Waals surface area contributed by atoms with E-state index in [0.717, 1.165) is 19.1 Å². The molecule has 1 unspecified atom stereocenters. The first-order valence-corrected chi connectivity index (χ1v) is 6.64. The molecule has 1 rings (SSSR count). The van der Waals surface area contributed by atoms with Crippen LogP contribution < -0.4 is 5.32 Å². The van der Waals surface area contributed by atoms with Crippen LogP contribution in [0.5, 0.6) is 0 Å². The molecule has 0 radical (unpaired) electrons. The lowest BCUT2D eigenvalue weighted by atomic mass is 9.87. The second-order valence-electron chi connectivity index (χ2n) is 4.81. The maximum atomic E-state index is 5.38. The molecule has 90 valence electrons. The first-order valence-electron chi connectivity index (χ1n) is 6.64. The van der Waals surface area contributed by atoms with Gasteiger partial charge in [0.25, 0.3) is 0 Å². The first kappa shape index (κ1) is 13.0. The van der Waals surface area contributed by atoms with Gasteiger partial charge in [-0.3, -0.25) is 0 Å². The van der Waals surface area contributed by atoms with Gasteiger partial charge >= 0.3 is 0 Å². The highest BCUT2D eigenvalue weighted by Gasteiger charge is 2.12. The van der Waals surface area contributed by atoms with Gasteiger partial charge in [-0.2, -0.15) is 0 Å². The third kappa shape index (κ3) is 6.16. The van der Waals surface area contributed by atoms with Crippen molar-refractivity contribution in [3.63, 3.8) is 0 Å². The molecule has 2 heteroatoms. The van der Waals surface area contributed by atoms with Crippen molar-refractivity contribution in [3.8, 4) is 0 Å². The van der Waals surface area contributed by atoms with Crippen molar-refractivity contribution >= 4 is 0 Å². The van der Waals surface area contributed by atoms with E-state index in [2.05, 4.69) is 19.2 Å². The number of hydrogen-bond acceptors (Lipinski definition) is 2. The van der Waals surface area contributed by atoms with Crippen molar-refractivity contribution in [2.45, 2.75) is 58.4 Å². The summed E-state index contributed by atoms with van der Waals surface area (Å²) in [6.45, 7) is 7.10. The quantitative estimate of drug-likeness (QED) is 0.702. The minimum atomic E-state index is 0.508. The normalized spacial score (nSPS) is 20.4. The third-order valence-electron chi connectivity index (χ3n) is 3.34. The molecular weight excluding hydrogens is 186 g/mol. The van der Waals surface area contributed by atoms with Crippen molar-refractivity contribution in [3.05, 3.63) is 0 Å². The maximum absolute atomic E-state index is 5.38. The first-order chi connectivity index (χ1) is 7.33. The van der Waals surface area contributed by atoms with E-state index < -0.39 is 0 Å². The van der Waals surface area contributed by atoms with Crippen LogP contribution in [0.15, 0.2) is 0 Å². The van der Waals surface area contributed by atoms with Crippen LogP contribution in [0.1, 0.15) is 52.4 Å². The summed E-state index contributed by atoms with van der Waals surface area (Å²) in [5.74, 6) is 0.991. The standard InChI is InChI=1S/C13H27NO/c1-3-15-11-12(2)14-10-9-13-7-5-4-6-8-13/h12-14H,3-11H2,1-2H3. The molecule has 0 amide bonds. The van der Waals surface area contributed by atoms with Gasteiger partial charge in [0.2, 0.25) is 0 Å². The highest BCUT2D eigenvalue weighted by atomic mass is 16.5. The van der Waals surface area contributed by atoms with Gasteiger partial charge in [0.1, 0.15) is 0 Å². The van der Waals surface area contributed by atoms with Crippen LogP contribution in [0.4, 0.5) is 0 Å². The van der Waals surface area contributed by atoms with Crippen molar-refractivity contribution in [2.75, 3.05) is 19.8 Å². The zero-order chi connectivity index (χ0) is 10.9. The van der Waals surface area contributed by atoms with E-state index in [0.29, 0.717) is 6.04 Å². The molecule has 1 saturated carbocycles. The molecule has 1 aliphatic carbocycles. The molecule has 1 fully saturated rings. The van der Waals surface area contributed by atoms with E-state index in [1.54, 1.807) is 0 Å². The molecule has 15 heavy (non-hydrogen) atoms. The Hall–Kier alpha value is -0.0800. The van der Waals surface area contributed by atoms with Gasteiger partial charge in [-0.25, -0.2) is 0 Å². The minimum absolute atomic E-state index is 0.508. The number of hydrogen-bond donors (Lipinski definition) is 1. The van der Waals surface area contributed by atoms with Gasteiger partial charge in [0.15, 0.2) is 0 Å². The lowest BCUT2D eigenvalue weighted by molar-refractivity contribution is 0.126. The van der Waals surface area contributed by atoms with Crippen molar-refractivity contribution < 1.29 is 4.74 Å². The Morgan fingerprint density at radius 2 is 2.00 bits per heavy atom. The highest BCUT2D eigenvalue weighted by molar-refractivity contribution is 4.68. The SMILES string of the molecule is CCOCC(C)NCCC1CCCCC1. The molecule has 0 aromatic carbocycles. The Balaban J connectivity index is 1.94. The van der Waals surface area contributed by atoms with Crippen LogP contribution in [0, 0.1) is 5.92 Å². The van der Waals surface area contributed by atoms with Crippen molar-refractivity contribution in [2.24, 2.45) is 5.92 Å². The molecule has 1 N–H and O–H groups in total. The van der Waals surface area contributed by atoms with Gasteiger partial charge in [0.05, 0.1) is 6.61 Å². The highest BCUT2D eigenvalue weighted by Crippen LogP contribution is 2.25. The van der Waals surface area contributed by atoms with Gasteiger partial charge in [-0.05, 0) is 32.7 Å². The van der Waals surface area contributed by atoms with Crippen molar-refractivity contribution in [1.82, 2.24) is 5.32 Å². The van der Waals surface area contributed by atoms with Crippen LogP contribution in [-0.4, -0.2) is 25.8 Å². The lowest BCUT2D eigenvalue weighted by Gasteiger charge is -2.22. The second-order valence-corrected chi connectivity index (χ2v) is 4.81. The molecule has 1 atom stereocenters. The van der Waals surface area contributed by atoms with Gasteiger partial charge in [-0.15, -0.1) is 0 Å². The van der Waals surface area contributed by atoms with E-state index >= 15 is 0 Å². The third-order valence-corrected chi connectivity index (χ3v) is 3.34. The fourth-order valence-corrected chi connectivity index (χ4v) is 2.36. The van der Waals surface area contributed by atoms with E-state index in [-0.39, 0.29) is 0 Å². The predicted molar refractivity (Wildman–Crippen MR) is 65.1 cm³/mol. The zero-order valence-corrected chi connectivity index (χ0v) is 10.4.